The van der Waals surface area contributed by atoms with Gasteiger partial charge in [0.05, 0.1) is 0 Å². The largest absolute Gasteiger partial charge is 0.326 e. The molecule has 1 radical (unpaired) electrons. The molecule has 0 aliphatic carbocycles. The van der Waals surface area contributed by atoms with Gasteiger partial charge in [0.15, 0.2) is 0 Å². The average Bonchev–Trinajstić information content (AvgIpc) is 1.25. The molecule has 0 saturated carbocycles. The standard InChI is InChI=1S/Gd.Ni.2H3O3P.Tb/c;;2*1-4(2)3;/h;;2*4H,(H2,1,2,3);. The second-order valence-electron chi connectivity index (χ2n) is 0.565. The van der Waals surface area contributed by atoms with E-state index in [0.717, 1.165) is 0 Å². The van der Waals surface area contributed by atoms with Gasteiger partial charge in [0, 0.05) is 95.0 Å². The SMILES string of the molecule is O=[PH](O)O.O=[PH](O)O.[Gd].[Ni].[Tb]. The van der Waals surface area contributed by atoms with Crippen LogP contribution in [0, 0.1) is 78.6 Å². The molecule has 0 spiro atoms. The van der Waals surface area contributed by atoms with Crippen molar-refractivity contribution in [2.45, 2.75) is 0 Å². The van der Waals surface area contributed by atoms with Crippen molar-refractivity contribution in [3.8, 4) is 0 Å². The van der Waals surface area contributed by atoms with Crippen LogP contribution in [0.4, 0.5) is 0 Å². The van der Waals surface area contributed by atoms with Gasteiger partial charge in [-0.1, -0.05) is 0 Å². The third kappa shape index (κ3) is 150. The van der Waals surface area contributed by atoms with Gasteiger partial charge in [-0.15, -0.1) is 0 Å². The van der Waals surface area contributed by atoms with Crippen molar-refractivity contribution in [1.82, 2.24) is 0 Å². The summed E-state index contributed by atoms with van der Waals surface area (Å²) in [6.45, 7) is 0. The number of rotatable bonds is 0. The zero-order chi connectivity index (χ0) is 7.15. The molecule has 79 valence electrons. The number of hydrogen-bond donors (Lipinski definition) is 4. The summed E-state index contributed by atoms with van der Waals surface area (Å²) in [7, 11) is -6.26. The summed E-state index contributed by atoms with van der Waals surface area (Å²) in [6, 6.07) is 0. The first-order valence-electron chi connectivity index (χ1n) is 1.30. The van der Waals surface area contributed by atoms with E-state index < -0.39 is 16.5 Å². The van der Waals surface area contributed by atoms with Crippen molar-refractivity contribution in [2.24, 2.45) is 0 Å². The van der Waals surface area contributed by atoms with Crippen LogP contribution in [0.2, 0.25) is 0 Å². The molecule has 11 heteroatoms. The monoisotopic (exact) mass is 539 g/mol. The molecular weight excluding hydrogens is 533 g/mol. The molecule has 0 aliphatic rings. The van der Waals surface area contributed by atoms with Crippen molar-refractivity contribution >= 4 is 16.5 Å². The quantitative estimate of drug-likeness (QED) is 0.226. The van der Waals surface area contributed by atoms with Crippen LogP contribution < -0.4 is 0 Å². The van der Waals surface area contributed by atoms with Crippen LogP contribution in [-0.2, 0) is 25.6 Å². The summed E-state index contributed by atoms with van der Waals surface area (Å²) >= 11 is 0. The van der Waals surface area contributed by atoms with E-state index in [9.17, 15) is 0 Å². The summed E-state index contributed by atoms with van der Waals surface area (Å²) in [6.07, 6.45) is 0. The first-order chi connectivity index (χ1) is 3.46. The third-order valence-electron chi connectivity index (χ3n) is 0. The molecule has 11 heavy (non-hydrogen) atoms. The Morgan fingerprint density at radius 3 is 0.818 bits per heavy atom. The maximum absolute atomic E-state index is 8.74. The Morgan fingerprint density at radius 2 is 0.818 bits per heavy atom. The summed E-state index contributed by atoms with van der Waals surface area (Å²) in [5.74, 6) is 0. The molecule has 0 heterocycles. The summed E-state index contributed by atoms with van der Waals surface area (Å²) < 4.78 is 17.5. The fraction of sp³-hybridized carbons (Fsp3) is 0. The molecular formula is H6GdNiO6P2Tb. The molecule has 0 atom stereocenters. The maximum atomic E-state index is 8.74. The van der Waals surface area contributed by atoms with E-state index >= 15 is 0 Å². The van der Waals surface area contributed by atoms with Gasteiger partial charge in [0.2, 0.25) is 0 Å². The fourth-order valence-electron chi connectivity index (χ4n) is 0. The van der Waals surface area contributed by atoms with E-state index in [1.165, 1.54) is 0 Å². The summed E-state index contributed by atoms with van der Waals surface area (Å²) in [5, 5.41) is 0. The van der Waals surface area contributed by atoms with Gasteiger partial charge >= 0.3 is 16.5 Å². The molecule has 0 aromatic rings. The smallest absolute Gasteiger partial charge is 0.314 e. The van der Waals surface area contributed by atoms with E-state index in [2.05, 4.69) is 0 Å². The van der Waals surface area contributed by atoms with Gasteiger partial charge in [0.25, 0.3) is 0 Å². The Labute approximate surface area is 137 Å². The minimum absolute atomic E-state index is 0. The van der Waals surface area contributed by atoms with Crippen molar-refractivity contribution in [3.63, 3.8) is 0 Å². The summed E-state index contributed by atoms with van der Waals surface area (Å²) in [5.41, 5.74) is 0. The fourth-order valence-corrected chi connectivity index (χ4v) is 0. The van der Waals surface area contributed by atoms with Crippen LogP contribution in [0.25, 0.3) is 0 Å². The molecule has 0 aromatic heterocycles. The Balaban J connectivity index is -0.0000000171. The van der Waals surface area contributed by atoms with Gasteiger partial charge in [-0.25, -0.2) is 0 Å². The predicted molar refractivity (Wildman–Crippen MR) is 26.9 cm³/mol. The van der Waals surface area contributed by atoms with Crippen LogP contribution in [0.3, 0.4) is 0 Å². The molecule has 0 amide bonds. The second kappa shape index (κ2) is 23.3. The van der Waals surface area contributed by atoms with E-state index in [0.29, 0.717) is 0 Å². The van der Waals surface area contributed by atoms with Gasteiger partial charge < -0.3 is 19.6 Å². The van der Waals surface area contributed by atoms with Crippen molar-refractivity contribution in [3.05, 3.63) is 0 Å². The van der Waals surface area contributed by atoms with E-state index in [1.807, 2.05) is 0 Å². The molecule has 0 aliphatic heterocycles. The van der Waals surface area contributed by atoms with Crippen LogP contribution in [0.15, 0.2) is 0 Å². The maximum Gasteiger partial charge on any atom is 0.314 e. The zero-order valence-corrected chi connectivity index (χ0v) is 12.0. The predicted octanol–water partition coefficient (Wildman–Crippen LogP) is -1.28. The second-order valence-corrected chi connectivity index (χ2v) is 1.70. The van der Waals surface area contributed by atoms with Crippen LogP contribution in [0.5, 0.6) is 0 Å². The third-order valence-corrected chi connectivity index (χ3v) is 0. The van der Waals surface area contributed by atoms with Crippen molar-refractivity contribution < 1.29 is 124 Å². The van der Waals surface area contributed by atoms with Gasteiger partial charge in [-0.05, 0) is 0 Å². The topological polar surface area (TPSA) is 115 Å². The van der Waals surface area contributed by atoms with Gasteiger partial charge in [0.1, 0.15) is 0 Å². The number of hydrogen-bond acceptors (Lipinski definition) is 2. The van der Waals surface area contributed by atoms with E-state index in [-0.39, 0.29) is 95.0 Å². The molecule has 0 saturated heterocycles. The van der Waals surface area contributed by atoms with Gasteiger partial charge in [-0.3, -0.25) is 9.13 Å². The minimum atomic E-state index is -3.13. The summed E-state index contributed by atoms with van der Waals surface area (Å²) in [4.78, 5) is 28.6. The molecule has 4 N–H and O–H groups in total. The first kappa shape index (κ1) is 29.3. The molecule has 0 aromatic carbocycles. The Kier molecular flexibility index (Phi) is 62.0. The normalized spacial score (nSPS) is 6.36. The van der Waals surface area contributed by atoms with Crippen LogP contribution in [-0.4, -0.2) is 19.6 Å². The average molecular weight is 539 g/mol. The van der Waals surface area contributed by atoms with Crippen LogP contribution >= 0.6 is 16.5 Å². The van der Waals surface area contributed by atoms with Crippen molar-refractivity contribution in [2.75, 3.05) is 0 Å². The van der Waals surface area contributed by atoms with E-state index in [1.54, 1.807) is 0 Å². The molecule has 0 rings (SSSR count). The first-order valence-corrected chi connectivity index (χ1v) is 3.91. The molecule has 0 bridgehead atoms. The molecule has 0 fully saturated rings. The molecule has 6 nitrogen and oxygen atoms in total. The van der Waals surface area contributed by atoms with Gasteiger partial charge in [-0.2, -0.15) is 0 Å². The zero-order valence-electron chi connectivity index (χ0n) is 4.61. The van der Waals surface area contributed by atoms with E-state index in [4.69, 9.17) is 28.7 Å². The Hall–Kier alpha value is 3.40. The van der Waals surface area contributed by atoms with Crippen molar-refractivity contribution in [1.29, 1.82) is 0 Å². The van der Waals surface area contributed by atoms with Crippen LogP contribution in [0.1, 0.15) is 0 Å². The Bertz CT molecular complexity index is 78.6. The minimum Gasteiger partial charge on any atom is -0.326 e. The Morgan fingerprint density at radius 1 is 0.818 bits per heavy atom. The molecule has 0 unspecified atom stereocenters.